The van der Waals surface area contributed by atoms with Gasteiger partial charge in [0.05, 0.1) is 0 Å². The number of hydrogen-bond donors (Lipinski definition) is 0. The number of nitrogens with zero attached hydrogens (tertiary/aromatic N) is 1. The molecule has 2 rings (SSSR count). The van der Waals surface area contributed by atoms with Crippen LogP contribution in [0.4, 0.5) is 0 Å². The van der Waals surface area contributed by atoms with Crippen molar-refractivity contribution in [3.63, 3.8) is 0 Å². The Kier molecular flexibility index (Phi) is 3.15. The number of ketones is 1. The molecule has 0 unspecified atom stereocenters. The predicted octanol–water partition coefficient (Wildman–Crippen LogP) is 3.25. The molecule has 0 bridgehead atoms. The van der Waals surface area contributed by atoms with Crippen LogP contribution in [0.3, 0.4) is 0 Å². The molecule has 0 spiro atoms. The zero-order chi connectivity index (χ0) is 11.5. The fraction of sp³-hybridized carbons (Fsp3) is 0.231. The average Bonchev–Trinajstić information content (AvgIpc) is 2.65. The van der Waals surface area contributed by atoms with E-state index in [0.717, 1.165) is 15.4 Å². The van der Waals surface area contributed by atoms with E-state index in [4.69, 9.17) is 0 Å². The van der Waals surface area contributed by atoms with E-state index in [0.29, 0.717) is 6.42 Å². The third-order valence-electron chi connectivity index (χ3n) is 2.24. The minimum atomic E-state index is 0.180. The van der Waals surface area contributed by atoms with Crippen molar-refractivity contribution in [1.82, 2.24) is 4.98 Å². The van der Waals surface area contributed by atoms with Gasteiger partial charge in [-0.05, 0) is 19.9 Å². The lowest BCUT2D eigenvalue weighted by molar-refractivity contribution is -0.116. The van der Waals surface area contributed by atoms with Gasteiger partial charge in [-0.15, -0.1) is 11.3 Å². The van der Waals surface area contributed by atoms with E-state index in [-0.39, 0.29) is 5.78 Å². The van der Waals surface area contributed by atoms with Gasteiger partial charge in [0.25, 0.3) is 0 Å². The molecule has 0 aliphatic carbocycles. The molecule has 2 aromatic rings. The van der Waals surface area contributed by atoms with Gasteiger partial charge in [-0.3, -0.25) is 4.79 Å². The number of hydrogen-bond acceptors (Lipinski definition) is 3. The Morgan fingerprint density at radius 1 is 1.44 bits per heavy atom. The molecule has 0 N–H and O–H groups in total. The maximum absolute atomic E-state index is 11.0. The van der Waals surface area contributed by atoms with E-state index in [1.165, 1.54) is 5.56 Å². The summed E-state index contributed by atoms with van der Waals surface area (Å²) in [4.78, 5) is 16.4. The number of rotatable bonds is 3. The zero-order valence-electron chi connectivity index (χ0n) is 9.36. The topological polar surface area (TPSA) is 30.0 Å². The van der Waals surface area contributed by atoms with Gasteiger partial charge in [0, 0.05) is 23.1 Å². The number of aromatic nitrogens is 1. The first-order valence-corrected chi connectivity index (χ1v) is 5.98. The lowest BCUT2D eigenvalue weighted by atomic mass is 10.1. The maximum Gasteiger partial charge on any atom is 0.135 e. The van der Waals surface area contributed by atoms with Crippen LogP contribution in [0.1, 0.15) is 17.4 Å². The second-order valence-electron chi connectivity index (χ2n) is 3.88. The summed E-state index contributed by atoms with van der Waals surface area (Å²) >= 11 is 1.59. The van der Waals surface area contributed by atoms with E-state index in [1.807, 2.05) is 12.1 Å². The number of benzene rings is 1. The minimum absolute atomic E-state index is 0.180. The fourth-order valence-corrected chi connectivity index (χ4v) is 2.53. The minimum Gasteiger partial charge on any atom is -0.300 e. The van der Waals surface area contributed by atoms with Crippen LogP contribution in [0.25, 0.3) is 10.6 Å². The van der Waals surface area contributed by atoms with Crippen molar-refractivity contribution in [2.75, 3.05) is 0 Å². The van der Waals surface area contributed by atoms with E-state index in [1.54, 1.807) is 24.5 Å². The summed E-state index contributed by atoms with van der Waals surface area (Å²) in [5.41, 5.74) is 2.35. The number of carbonyl (C=O) groups is 1. The highest BCUT2D eigenvalue weighted by atomic mass is 32.1. The summed E-state index contributed by atoms with van der Waals surface area (Å²) in [6, 6.07) is 8.24. The Bertz CT molecular complexity index is 516. The monoisotopic (exact) mass is 231 g/mol. The molecule has 1 aromatic heterocycles. The molecule has 1 aromatic carbocycles. The fourth-order valence-electron chi connectivity index (χ4n) is 1.55. The molecule has 0 fully saturated rings. The summed E-state index contributed by atoms with van der Waals surface area (Å²) in [6.07, 6.45) is 2.28. The van der Waals surface area contributed by atoms with Gasteiger partial charge in [-0.25, -0.2) is 4.98 Å². The second-order valence-corrected chi connectivity index (χ2v) is 5.00. The first kappa shape index (κ1) is 11.0. The van der Waals surface area contributed by atoms with Crippen LogP contribution in [0, 0.1) is 6.92 Å². The Labute approximate surface area is 99.0 Å². The summed E-state index contributed by atoms with van der Waals surface area (Å²) < 4.78 is 0. The van der Waals surface area contributed by atoms with Crippen LogP contribution in [-0.4, -0.2) is 10.8 Å². The first-order valence-electron chi connectivity index (χ1n) is 5.16. The molecule has 0 amide bonds. The van der Waals surface area contributed by atoms with Crippen molar-refractivity contribution in [2.45, 2.75) is 20.3 Å². The van der Waals surface area contributed by atoms with Crippen LogP contribution in [0.2, 0.25) is 0 Å². The van der Waals surface area contributed by atoms with Crippen molar-refractivity contribution in [3.05, 3.63) is 40.9 Å². The summed E-state index contributed by atoms with van der Waals surface area (Å²) in [7, 11) is 0. The van der Waals surface area contributed by atoms with Gasteiger partial charge < -0.3 is 0 Å². The quantitative estimate of drug-likeness (QED) is 0.811. The smallest absolute Gasteiger partial charge is 0.135 e. The highest BCUT2D eigenvalue weighted by Crippen LogP contribution is 2.25. The Hall–Kier alpha value is -1.48. The number of thiazole rings is 1. The van der Waals surface area contributed by atoms with Crippen molar-refractivity contribution < 1.29 is 4.79 Å². The Balaban J connectivity index is 2.28. The Morgan fingerprint density at radius 2 is 2.25 bits per heavy atom. The lowest BCUT2D eigenvalue weighted by Gasteiger charge is -1.97. The van der Waals surface area contributed by atoms with E-state index < -0.39 is 0 Å². The molecule has 0 atom stereocenters. The van der Waals surface area contributed by atoms with Gasteiger partial charge in [-0.1, -0.05) is 23.8 Å². The van der Waals surface area contributed by atoms with Crippen molar-refractivity contribution in [2.24, 2.45) is 0 Å². The number of Topliss-reactive ketones (excluding diaryl/α,β-unsaturated/α-hetero) is 1. The largest absolute Gasteiger partial charge is 0.300 e. The molecule has 0 radical (unpaired) electrons. The van der Waals surface area contributed by atoms with Crippen molar-refractivity contribution in [3.8, 4) is 10.6 Å². The lowest BCUT2D eigenvalue weighted by Crippen LogP contribution is -1.92. The highest BCUT2D eigenvalue weighted by Gasteiger charge is 2.06. The van der Waals surface area contributed by atoms with Crippen LogP contribution in [-0.2, 0) is 11.2 Å². The third-order valence-corrected chi connectivity index (χ3v) is 3.29. The van der Waals surface area contributed by atoms with Gasteiger partial charge >= 0.3 is 0 Å². The molecule has 0 aliphatic heterocycles. The normalized spacial score (nSPS) is 10.4. The summed E-state index contributed by atoms with van der Waals surface area (Å²) in [6.45, 7) is 3.67. The van der Waals surface area contributed by atoms with Crippen molar-refractivity contribution in [1.29, 1.82) is 0 Å². The standard InChI is InChI=1S/C13H13NOS/c1-9-4-3-5-11(6-9)13-14-8-12(16-13)7-10(2)15/h3-6,8H,7H2,1-2H3. The predicted molar refractivity (Wildman–Crippen MR) is 66.7 cm³/mol. The molecule has 0 saturated heterocycles. The molecular formula is C13H13NOS. The SMILES string of the molecule is CC(=O)Cc1cnc(-c2cccc(C)c2)s1. The average molecular weight is 231 g/mol. The third kappa shape index (κ3) is 2.55. The molecular weight excluding hydrogens is 218 g/mol. The van der Waals surface area contributed by atoms with Crippen LogP contribution in [0.15, 0.2) is 30.5 Å². The van der Waals surface area contributed by atoms with Gasteiger partial charge in [-0.2, -0.15) is 0 Å². The molecule has 0 saturated carbocycles. The highest BCUT2D eigenvalue weighted by molar-refractivity contribution is 7.15. The number of aryl methyl sites for hydroxylation is 1. The van der Waals surface area contributed by atoms with Gasteiger partial charge in [0.1, 0.15) is 10.8 Å². The van der Waals surface area contributed by atoms with E-state index >= 15 is 0 Å². The molecule has 0 aliphatic rings. The van der Waals surface area contributed by atoms with Crippen LogP contribution >= 0.6 is 11.3 Å². The second kappa shape index (κ2) is 4.58. The molecule has 16 heavy (non-hydrogen) atoms. The summed E-state index contributed by atoms with van der Waals surface area (Å²) in [5.74, 6) is 0.180. The van der Waals surface area contributed by atoms with E-state index in [9.17, 15) is 4.79 Å². The Morgan fingerprint density at radius 3 is 2.94 bits per heavy atom. The van der Waals surface area contributed by atoms with Gasteiger partial charge in [0.2, 0.25) is 0 Å². The van der Waals surface area contributed by atoms with Crippen LogP contribution in [0.5, 0.6) is 0 Å². The first-order chi connectivity index (χ1) is 7.65. The van der Waals surface area contributed by atoms with E-state index in [2.05, 4.69) is 24.0 Å². The molecule has 1 heterocycles. The van der Waals surface area contributed by atoms with Gasteiger partial charge in [0.15, 0.2) is 0 Å². The molecule has 3 heteroatoms. The van der Waals surface area contributed by atoms with Crippen LogP contribution < -0.4 is 0 Å². The summed E-state index contributed by atoms with van der Waals surface area (Å²) in [5, 5.41) is 0.986. The molecule has 2 nitrogen and oxygen atoms in total. The maximum atomic E-state index is 11.0. The van der Waals surface area contributed by atoms with Crippen molar-refractivity contribution >= 4 is 17.1 Å². The number of carbonyl (C=O) groups excluding carboxylic acids is 1. The zero-order valence-corrected chi connectivity index (χ0v) is 10.2. The molecule has 82 valence electrons.